The lowest BCUT2D eigenvalue weighted by Crippen LogP contribution is -2.46. The molecule has 2 aliphatic heterocycles. The van der Waals surface area contributed by atoms with Crippen molar-refractivity contribution in [2.75, 3.05) is 33.8 Å². The Labute approximate surface area is 185 Å². The molecule has 0 radical (unpaired) electrons. The van der Waals surface area contributed by atoms with Gasteiger partial charge >= 0.3 is 0 Å². The van der Waals surface area contributed by atoms with E-state index in [4.69, 9.17) is 4.74 Å². The summed E-state index contributed by atoms with van der Waals surface area (Å²) >= 11 is 0. The average molecular weight is 421 g/mol. The van der Waals surface area contributed by atoms with Gasteiger partial charge < -0.3 is 14.5 Å². The van der Waals surface area contributed by atoms with Crippen LogP contribution in [0.5, 0.6) is 0 Å². The Bertz CT molecular complexity index is 947. The summed E-state index contributed by atoms with van der Waals surface area (Å²) in [7, 11) is 3.61. The zero-order chi connectivity index (χ0) is 22.0. The lowest BCUT2D eigenvalue weighted by atomic mass is 9.79. The minimum Gasteiger partial charge on any atom is -0.368 e. The molecule has 2 heterocycles. The Morgan fingerprint density at radius 3 is 2.58 bits per heavy atom. The number of carbonyl (C=O) groups excluding carboxylic acids is 2. The van der Waals surface area contributed by atoms with E-state index >= 15 is 0 Å². The maximum atomic E-state index is 13.3. The maximum Gasteiger partial charge on any atom is 0.251 e. The summed E-state index contributed by atoms with van der Waals surface area (Å²) < 4.78 is 5.61. The minimum absolute atomic E-state index is 0.0411. The number of likely N-dealkylation sites (tertiary alicyclic amines) is 1. The molecule has 0 unspecified atom stereocenters. The van der Waals surface area contributed by atoms with Crippen LogP contribution >= 0.6 is 0 Å². The fraction of sp³-hybridized carbons (Fsp3) is 0.462. The van der Waals surface area contributed by atoms with Gasteiger partial charge in [-0.1, -0.05) is 54.1 Å². The summed E-state index contributed by atoms with van der Waals surface area (Å²) in [5.74, 6) is 0.134. The number of amides is 2. The summed E-state index contributed by atoms with van der Waals surface area (Å²) in [6, 6.07) is 16.9. The van der Waals surface area contributed by atoms with Gasteiger partial charge in [-0.25, -0.2) is 0 Å². The van der Waals surface area contributed by atoms with Crippen molar-refractivity contribution < 1.29 is 14.3 Å². The summed E-state index contributed by atoms with van der Waals surface area (Å²) in [5, 5.41) is 0. The number of hydrogen-bond donors (Lipinski definition) is 0. The SMILES string of the molecule is Cc1ccc(-c2cccc(C[C@@]3(C(=O)N(C)C)CCN(C(=O)[C@H]4CCCO4)C3)c2)cc1. The minimum atomic E-state index is -0.594. The van der Waals surface area contributed by atoms with Gasteiger partial charge in [-0.05, 0) is 49.3 Å². The third-order valence-electron chi connectivity index (χ3n) is 6.58. The quantitative estimate of drug-likeness (QED) is 0.741. The van der Waals surface area contributed by atoms with Gasteiger partial charge in [0, 0.05) is 33.8 Å². The van der Waals surface area contributed by atoms with Crippen LogP contribution in [-0.2, 0) is 20.7 Å². The molecule has 2 saturated heterocycles. The first kappa shape index (κ1) is 21.6. The molecule has 0 N–H and O–H groups in total. The van der Waals surface area contributed by atoms with E-state index in [-0.39, 0.29) is 17.9 Å². The predicted molar refractivity (Wildman–Crippen MR) is 122 cm³/mol. The highest BCUT2D eigenvalue weighted by Gasteiger charge is 2.47. The van der Waals surface area contributed by atoms with Gasteiger partial charge in [0.05, 0.1) is 5.41 Å². The third kappa shape index (κ3) is 4.52. The second kappa shape index (κ2) is 8.83. The molecule has 0 bridgehead atoms. The van der Waals surface area contributed by atoms with Crippen molar-refractivity contribution in [2.45, 2.75) is 38.7 Å². The van der Waals surface area contributed by atoms with E-state index < -0.39 is 5.41 Å². The molecule has 2 fully saturated rings. The number of ether oxygens (including phenoxy) is 1. The second-order valence-corrected chi connectivity index (χ2v) is 9.23. The highest BCUT2D eigenvalue weighted by Crippen LogP contribution is 2.37. The smallest absolute Gasteiger partial charge is 0.251 e. The molecule has 0 saturated carbocycles. The molecule has 0 spiro atoms. The Hall–Kier alpha value is -2.66. The number of carbonyl (C=O) groups is 2. The molecule has 0 aliphatic carbocycles. The molecule has 0 aromatic heterocycles. The van der Waals surface area contributed by atoms with E-state index in [2.05, 4.69) is 55.5 Å². The molecule has 2 aromatic carbocycles. The standard InChI is InChI=1S/C26H32N2O3/c1-19-9-11-21(12-10-19)22-7-4-6-20(16-22)17-26(25(30)27(2)3)13-14-28(18-26)24(29)23-8-5-15-31-23/h4,6-7,9-12,16,23H,5,8,13-15,17-18H2,1-3H3/t23-,26+/m1/s1. The number of hydrogen-bond acceptors (Lipinski definition) is 3. The molecule has 2 amide bonds. The van der Waals surface area contributed by atoms with Gasteiger partial charge in [0.2, 0.25) is 5.91 Å². The fourth-order valence-electron chi connectivity index (χ4n) is 4.90. The first-order chi connectivity index (χ1) is 14.9. The van der Waals surface area contributed by atoms with Crippen molar-refractivity contribution in [3.8, 4) is 11.1 Å². The third-order valence-corrected chi connectivity index (χ3v) is 6.58. The summed E-state index contributed by atoms with van der Waals surface area (Å²) in [5.41, 5.74) is 4.08. The molecule has 164 valence electrons. The van der Waals surface area contributed by atoms with Gasteiger partial charge in [0.25, 0.3) is 5.91 Å². The van der Waals surface area contributed by atoms with E-state index in [0.717, 1.165) is 24.0 Å². The number of aryl methyl sites for hydroxylation is 1. The summed E-state index contributed by atoms with van der Waals surface area (Å²) in [4.78, 5) is 29.8. The molecule has 4 rings (SSSR count). The summed E-state index contributed by atoms with van der Waals surface area (Å²) in [6.07, 6.45) is 2.67. The molecule has 5 heteroatoms. The van der Waals surface area contributed by atoms with Crippen LogP contribution in [0.25, 0.3) is 11.1 Å². The summed E-state index contributed by atoms with van der Waals surface area (Å²) in [6.45, 7) is 3.80. The van der Waals surface area contributed by atoms with Crippen molar-refractivity contribution in [3.05, 3.63) is 59.7 Å². The van der Waals surface area contributed by atoms with Gasteiger partial charge in [0.15, 0.2) is 0 Å². The van der Waals surface area contributed by atoms with Crippen molar-refractivity contribution in [3.63, 3.8) is 0 Å². The van der Waals surface area contributed by atoms with Gasteiger partial charge in [-0.15, -0.1) is 0 Å². The molecule has 2 aromatic rings. The van der Waals surface area contributed by atoms with Crippen LogP contribution in [0.15, 0.2) is 48.5 Å². The first-order valence-electron chi connectivity index (χ1n) is 11.2. The molecule has 2 aliphatic rings. The van der Waals surface area contributed by atoms with Crippen LogP contribution < -0.4 is 0 Å². The van der Waals surface area contributed by atoms with Crippen LogP contribution in [0, 0.1) is 12.3 Å². The lowest BCUT2D eigenvalue weighted by Gasteiger charge is -2.31. The predicted octanol–water partition coefficient (Wildman–Crippen LogP) is 3.69. The van der Waals surface area contributed by atoms with E-state index in [0.29, 0.717) is 32.5 Å². The molecular formula is C26H32N2O3. The van der Waals surface area contributed by atoms with Crippen LogP contribution in [0.2, 0.25) is 0 Å². The monoisotopic (exact) mass is 420 g/mol. The van der Waals surface area contributed by atoms with Crippen molar-refractivity contribution in [1.82, 2.24) is 9.80 Å². The zero-order valence-electron chi connectivity index (χ0n) is 18.8. The van der Waals surface area contributed by atoms with Crippen LogP contribution in [0.3, 0.4) is 0 Å². The maximum absolute atomic E-state index is 13.3. The zero-order valence-corrected chi connectivity index (χ0v) is 18.8. The number of rotatable bonds is 5. The van der Waals surface area contributed by atoms with Crippen molar-refractivity contribution >= 4 is 11.8 Å². The van der Waals surface area contributed by atoms with E-state index in [9.17, 15) is 9.59 Å². The second-order valence-electron chi connectivity index (χ2n) is 9.23. The molecule has 5 nitrogen and oxygen atoms in total. The Balaban J connectivity index is 1.58. The van der Waals surface area contributed by atoms with E-state index in [1.165, 1.54) is 11.1 Å². The fourth-order valence-corrected chi connectivity index (χ4v) is 4.90. The largest absolute Gasteiger partial charge is 0.368 e. The first-order valence-corrected chi connectivity index (χ1v) is 11.2. The molecular weight excluding hydrogens is 388 g/mol. The van der Waals surface area contributed by atoms with Crippen molar-refractivity contribution in [1.29, 1.82) is 0 Å². The Morgan fingerprint density at radius 1 is 1.13 bits per heavy atom. The van der Waals surface area contributed by atoms with E-state index in [1.54, 1.807) is 19.0 Å². The normalized spacial score (nSPS) is 23.2. The van der Waals surface area contributed by atoms with Gasteiger partial charge in [-0.3, -0.25) is 9.59 Å². The Morgan fingerprint density at radius 2 is 1.90 bits per heavy atom. The topological polar surface area (TPSA) is 49.9 Å². The van der Waals surface area contributed by atoms with Gasteiger partial charge in [-0.2, -0.15) is 0 Å². The average Bonchev–Trinajstić information content (AvgIpc) is 3.44. The highest BCUT2D eigenvalue weighted by atomic mass is 16.5. The van der Waals surface area contributed by atoms with Crippen LogP contribution in [0.1, 0.15) is 30.4 Å². The van der Waals surface area contributed by atoms with Crippen molar-refractivity contribution in [2.24, 2.45) is 5.41 Å². The molecule has 2 atom stereocenters. The van der Waals surface area contributed by atoms with E-state index in [1.807, 2.05) is 4.90 Å². The molecule has 31 heavy (non-hydrogen) atoms. The Kier molecular flexibility index (Phi) is 6.15. The van der Waals surface area contributed by atoms with Gasteiger partial charge in [0.1, 0.15) is 6.10 Å². The van der Waals surface area contributed by atoms with Crippen LogP contribution in [0.4, 0.5) is 0 Å². The highest BCUT2D eigenvalue weighted by molar-refractivity contribution is 5.87. The van der Waals surface area contributed by atoms with Crippen LogP contribution in [-0.4, -0.2) is 61.5 Å². The number of benzene rings is 2. The number of nitrogens with zero attached hydrogens (tertiary/aromatic N) is 2. The lowest BCUT2D eigenvalue weighted by molar-refractivity contribution is -0.142.